The number of benzene rings is 1. The van der Waals surface area contributed by atoms with Crippen molar-refractivity contribution in [3.63, 3.8) is 0 Å². The second-order valence-electron chi connectivity index (χ2n) is 9.42. The Labute approximate surface area is 257 Å². The Kier molecular flexibility index (Phi) is 10.5. The van der Waals surface area contributed by atoms with Crippen LogP contribution in [-0.2, 0) is 9.47 Å². The number of amidine groups is 1. The highest BCUT2D eigenvalue weighted by Crippen LogP contribution is 2.27. The molecule has 4 N–H and O–H groups in total. The molecule has 0 spiro atoms. The number of aromatic nitrogens is 3. The molecule has 3 heterocycles. The molecular formula is C30H30N8O7. The molecule has 0 aliphatic rings. The summed E-state index contributed by atoms with van der Waals surface area (Å²) in [6, 6.07) is 9.05. The first-order valence-electron chi connectivity index (χ1n) is 13.6. The Hall–Kier alpha value is -6.12. The van der Waals surface area contributed by atoms with Gasteiger partial charge in [-0.15, -0.1) is 0 Å². The van der Waals surface area contributed by atoms with Crippen molar-refractivity contribution in [1.29, 1.82) is 5.41 Å². The van der Waals surface area contributed by atoms with Crippen LogP contribution in [0.15, 0.2) is 70.8 Å². The lowest BCUT2D eigenvalue weighted by atomic mass is 10.1. The molecule has 0 unspecified atom stereocenters. The van der Waals surface area contributed by atoms with Gasteiger partial charge in [0.2, 0.25) is 6.79 Å². The van der Waals surface area contributed by atoms with Gasteiger partial charge >= 0.3 is 12.1 Å². The lowest BCUT2D eigenvalue weighted by Crippen LogP contribution is -2.40. The maximum atomic E-state index is 13.8. The van der Waals surface area contributed by atoms with Crippen molar-refractivity contribution >= 4 is 47.6 Å². The number of nitrogens with one attached hydrogen (secondary N) is 4. The number of carbonyl (C=O) groups excluding carboxylic acids is 4. The van der Waals surface area contributed by atoms with Crippen molar-refractivity contribution in [2.75, 3.05) is 23.6 Å². The van der Waals surface area contributed by atoms with Crippen molar-refractivity contribution in [3.8, 4) is 0 Å². The third kappa shape index (κ3) is 7.64. The van der Waals surface area contributed by atoms with E-state index in [1.807, 2.05) is 6.92 Å². The average Bonchev–Trinajstić information content (AvgIpc) is 3.70. The van der Waals surface area contributed by atoms with Crippen molar-refractivity contribution in [2.45, 2.75) is 27.2 Å². The Morgan fingerprint density at radius 1 is 1.11 bits per heavy atom. The van der Waals surface area contributed by atoms with E-state index in [9.17, 15) is 19.2 Å². The normalized spacial score (nSPS) is 11.0. The van der Waals surface area contributed by atoms with Gasteiger partial charge in [0, 0.05) is 36.8 Å². The number of aromatic amines is 1. The Balaban J connectivity index is 1.72. The van der Waals surface area contributed by atoms with E-state index in [4.69, 9.17) is 19.4 Å². The highest BCUT2D eigenvalue weighted by atomic mass is 16.7. The maximum Gasteiger partial charge on any atom is 0.423 e. The van der Waals surface area contributed by atoms with E-state index in [1.165, 1.54) is 49.1 Å². The van der Waals surface area contributed by atoms with E-state index < -0.39 is 24.8 Å². The second-order valence-corrected chi connectivity index (χ2v) is 9.42. The molecule has 0 aliphatic heterocycles. The number of esters is 1. The van der Waals surface area contributed by atoms with E-state index in [0.717, 1.165) is 11.3 Å². The summed E-state index contributed by atoms with van der Waals surface area (Å²) in [7, 11) is 0. The number of rotatable bonds is 11. The second kappa shape index (κ2) is 14.9. The van der Waals surface area contributed by atoms with Gasteiger partial charge in [0.25, 0.3) is 11.8 Å². The predicted octanol–water partition coefficient (Wildman–Crippen LogP) is 4.22. The van der Waals surface area contributed by atoms with Crippen LogP contribution in [0.3, 0.4) is 0 Å². The van der Waals surface area contributed by atoms with Crippen molar-refractivity contribution in [3.05, 3.63) is 94.8 Å². The molecule has 4 rings (SSSR count). The van der Waals surface area contributed by atoms with Crippen LogP contribution >= 0.6 is 0 Å². The van der Waals surface area contributed by atoms with Crippen LogP contribution in [0.5, 0.6) is 0 Å². The number of carbonyl (C=O) groups is 4. The monoisotopic (exact) mass is 614 g/mol. The van der Waals surface area contributed by atoms with E-state index in [-0.39, 0.29) is 40.1 Å². The van der Waals surface area contributed by atoms with Crippen molar-refractivity contribution in [1.82, 2.24) is 20.4 Å². The topological polar surface area (TPSA) is 205 Å². The van der Waals surface area contributed by atoms with Gasteiger partial charge in [-0.05, 0) is 55.7 Å². The molecule has 0 aliphatic carbocycles. The molecule has 1 aromatic carbocycles. The van der Waals surface area contributed by atoms with Gasteiger partial charge in [0.1, 0.15) is 12.6 Å². The molecule has 15 heteroatoms. The number of aryl methyl sites for hydroxylation is 1. The van der Waals surface area contributed by atoms with Gasteiger partial charge < -0.3 is 29.6 Å². The summed E-state index contributed by atoms with van der Waals surface area (Å²) in [6.07, 6.45) is 5.93. The minimum atomic E-state index is -1.06. The Morgan fingerprint density at radius 2 is 1.93 bits per heavy atom. The number of aliphatic imine (C=N–C) groups is 1. The summed E-state index contributed by atoms with van der Waals surface area (Å²) < 4.78 is 15.2. The Bertz CT molecular complexity index is 1720. The van der Waals surface area contributed by atoms with Crippen molar-refractivity contribution in [2.24, 2.45) is 4.99 Å². The van der Waals surface area contributed by atoms with Gasteiger partial charge in [-0.1, -0.05) is 18.1 Å². The highest BCUT2D eigenvalue weighted by Gasteiger charge is 2.30. The number of hydrogen-bond donors (Lipinski definition) is 4. The average molecular weight is 615 g/mol. The quantitative estimate of drug-likeness (QED) is 0.0825. The Morgan fingerprint density at radius 3 is 2.62 bits per heavy atom. The summed E-state index contributed by atoms with van der Waals surface area (Å²) in [5.74, 6) is -1.62. The molecule has 3 aromatic heterocycles. The number of nitrogens with zero attached hydrogens (tertiary/aromatic N) is 4. The number of ether oxygens (including phenoxy) is 2. The zero-order valence-corrected chi connectivity index (χ0v) is 24.6. The number of hydrogen-bond acceptors (Lipinski definition) is 10. The molecule has 45 heavy (non-hydrogen) atoms. The summed E-state index contributed by atoms with van der Waals surface area (Å²) in [4.78, 5) is 64.0. The maximum absolute atomic E-state index is 13.8. The first kappa shape index (κ1) is 31.8. The third-order valence-corrected chi connectivity index (χ3v) is 6.39. The van der Waals surface area contributed by atoms with Crippen LogP contribution in [0.2, 0.25) is 0 Å². The van der Waals surface area contributed by atoms with Crippen LogP contribution in [0.1, 0.15) is 61.2 Å². The fourth-order valence-electron chi connectivity index (χ4n) is 4.11. The number of anilines is 2. The molecule has 0 atom stereocenters. The number of pyridine rings is 1. The van der Waals surface area contributed by atoms with Crippen LogP contribution in [0.4, 0.5) is 16.3 Å². The van der Waals surface area contributed by atoms with Gasteiger partial charge in [-0.25, -0.2) is 19.5 Å². The predicted molar refractivity (Wildman–Crippen MR) is 163 cm³/mol. The number of amides is 3. The smallest absolute Gasteiger partial charge is 0.423 e. The van der Waals surface area contributed by atoms with Crippen LogP contribution in [0.25, 0.3) is 0 Å². The molecule has 4 aromatic rings. The fourth-order valence-corrected chi connectivity index (χ4v) is 4.11. The van der Waals surface area contributed by atoms with E-state index >= 15 is 0 Å². The van der Waals surface area contributed by atoms with Gasteiger partial charge in [-0.3, -0.25) is 20.0 Å². The minimum absolute atomic E-state index is 0.127. The zero-order valence-electron chi connectivity index (χ0n) is 24.6. The van der Waals surface area contributed by atoms with E-state index in [2.05, 4.69) is 30.8 Å². The SMILES string of the molecule is CCCNC(=O)c1c[nH]c(C(=NC=N)N(C(=O)OCOC(=O)c2cccnc2)c2cc(C(=O)Nc3ccon3)ccc2C)c1C. The lowest BCUT2D eigenvalue weighted by molar-refractivity contribution is 0.0000608. The molecular weight excluding hydrogens is 584 g/mol. The summed E-state index contributed by atoms with van der Waals surface area (Å²) in [6.45, 7) is 4.94. The minimum Gasteiger partial charge on any atom is -0.424 e. The molecule has 0 fully saturated rings. The van der Waals surface area contributed by atoms with Crippen LogP contribution in [-0.4, -0.2) is 64.5 Å². The fraction of sp³-hybridized carbons (Fsp3) is 0.200. The number of H-pyrrole nitrogens is 1. The van der Waals surface area contributed by atoms with Crippen LogP contribution in [0, 0.1) is 19.3 Å². The molecule has 0 bridgehead atoms. The largest absolute Gasteiger partial charge is 0.424 e. The van der Waals surface area contributed by atoms with Gasteiger partial charge in [0.05, 0.1) is 22.5 Å². The molecule has 15 nitrogen and oxygen atoms in total. The first-order valence-corrected chi connectivity index (χ1v) is 13.6. The van der Waals surface area contributed by atoms with E-state index in [1.54, 1.807) is 26.0 Å². The van der Waals surface area contributed by atoms with Gasteiger partial charge in [0.15, 0.2) is 11.7 Å². The molecule has 0 saturated heterocycles. The standard InChI is InChI=1S/C30H30N8O7/c1-4-10-33-28(40)22-15-34-25(19(22)3)26(35-16-31)38(30(42)44-17-43-29(41)21-6-5-11-32-14-21)23-13-20(8-7-18(23)2)27(39)36-24-9-12-45-37-24/h5-9,11-16,31,34H,4,10,17H2,1-3H3,(H,33,40)(H,36,37,39). The summed E-state index contributed by atoms with van der Waals surface area (Å²) >= 11 is 0. The summed E-state index contributed by atoms with van der Waals surface area (Å²) in [5, 5.41) is 16.8. The third-order valence-electron chi connectivity index (χ3n) is 6.39. The van der Waals surface area contributed by atoms with Crippen molar-refractivity contribution < 1.29 is 33.2 Å². The zero-order chi connectivity index (χ0) is 32.3. The molecule has 232 valence electrons. The first-order chi connectivity index (χ1) is 21.7. The van der Waals surface area contributed by atoms with Gasteiger partial charge in [-0.2, -0.15) is 0 Å². The molecule has 0 saturated carbocycles. The van der Waals surface area contributed by atoms with E-state index in [0.29, 0.717) is 29.6 Å². The van der Waals surface area contributed by atoms with Crippen LogP contribution < -0.4 is 15.5 Å². The highest BCUT2D eigenvalue weighted by molar-refractivity contribution is 6.24. The summed E-state index contributed by atoms with van der Waals surface area (Å²) in [5.41, 5.74) is 1.90. The molecule has 3 amide bonds. The lowest BCUT2D eigenvalue weighted by Gasteiger charge is -2.25. The molecule has 0 radical (unpaired) electrons.